The minimum atomic E-state index is -4.09. The second-order valence-corrected chi connectivity index (χ2v) is 7.68. The van der Waals surface area contributed by atoms with Crippen molar-refractivity contribution in [2.24, 2.45) is 0 Å². The topological polar surface area (TPSA) is 130 Å². The third kappa shape index (κ3) is 4.69. The second-order valence-electron chi connectivity index (χ2n) is 5.62. The predicted octanol–water partition coefficient (Wildman–Crippen LogP) is 2.92. The molecule has 0 bridgehead atoms. The van der Waals surface area contributed by atoms with Crippen molar-refractivity contribution in [2.75, 3.05) is 11.3 Å². The summed E-state index contributed by atoms with van der Waals surface area (Å²) in [5.74, 6) is -2.33. The Morgan fingerprint density at radius 1 is 1.15 bits per heavy atom. The molecular formula is C17H16ClNO7S. The van der Waals surface area contributed by atoms with Crippen molar-refractivity contribution in [3.05, 3.63) is 52.0 Å². The normalized spacial score (nSPS) is 11.1. The molecule has 2 rings (SSSR count). The average Bonchev–Trinajstić information content (AvgIpc) is 2.55. The fourth-order valence-electron chi connectivity index (χ4n) is 2.42. The first kappa shape index (κ1) is 20.5. The molecular weight excluding hydrogens is 398 g/mol. The third-order valence-corrected chi connectivity index (χ3v) is 5.49. The van der Waals surface area contributed by atoms with Gasteiger partial charge in [-0.05, 0) is 43.7 Å². The van der Waals surface area contributed by atoms with Crippen molar-refractivity contribution in [2.45, 2.75) is 18.7 Å². The lowest BCUT2D eigenvalue weighted by Gasteiger charge is -2.16. The Labute approximate surface area is 160 Å². The number of carbonyl (C=O) groups is 2. The van der Waals surface area contributed by atoms with E-state index in [0.717, 1.165) is 6.07 Å². The Hall–Kier alpha value is -2.78. The van der Waals surface area contributed by atoms with Gasteiger partial charge in [0.1, 0.15) is 5.75 Å². The molecule has 0 saturated heterocycles. The van der Waals surface area contributed by atoms with Crippen LogP contribution in [-0.2, 0) is 14.8 Å². The molecule has 0 aromatic heterocycles. The minimum absolute atomic E-state index is 0.0183. The first-order chi connectivity index (χ1) is 12.5. The highest BCUT2D eigenvalue weighted by Gasteiger charge is 2.22. The Bertz CT molecular complexity index is 1020. The molecule has 0 unspecified atom stereocenters. The average molecular weight is 414 g/mol. The van der Waals surface area contributed by atoms with Crippen LogP contribution in [0, 0.1) is 13.8 Å². The summed E-state index contributed by atoms with van der Waals surface area (Å²) in [6, 6.07) is 6.55. The van der Waals surface area contributed by atoms with E-state index in [1.807, 2.05) is 0 Å². The van der Waals surface area contributed by atoms with Crippen LogP contribution < -0.4 is 9.46 Å². The number of anilines is 1. The summed E-state index contributed by atoms with van der Waals surface area (Å²) in [5, 5.41) is 17.8. The van der Waals surface area contributed by atoms with Gasteiger partial charge in [-0.1, -0.05) is 17.7 Å². The van der Waals surface area contributed by atoms with Gasteiger partial charge in [0.2, 0.25) is 0 Å². The molecule has 0 radical (unpaired) electrons. The highest BCUT2D eigenvalue weighted by atomic mass is 35.5. The maximum atomic E-state index is 12.7. The summed E-state index contributed by atoms with van der Waals surface area (Å²) in [4.78, 5) is 21.7. The van der Waals surface area contributed by atoms with E-state index >= 15 is 0 Å². The molecule has 10 heteroatoms. The largest absolute Gasteiger partial charge is 0.481 e. The summed E-state index contributed by atoms with van der Waals surface area (Å²) in [6.07, 6.45) is 0. The minimum Gasteiger partial charge on any atom is -0.481 e. The maximum Gasteiger partial charge on any atom is 0.341 e. The molecule has 0 heterocycles. The van der Waals surface area contributed by atoms with Gasteiger partial charge in [0.05, 0.1) is 15.5 Å². The zero-order valence-electron chi connectivity index (χ0n) is 14.3. The number of hydrogen-bond acceptors (Lipinski definition) is 5. The van der Waals surface area contributed by atoms with Crippen LogP contribution in [0.5, 0.6) is 5.75 Å². The van der Waals surface area contributed by atoms with Crippen LogP contribution in [0.15, 0.2) is 35.2 Å². The second kappa shape index (κ2) is 7.85. The number of benzene rings is 2. The molecule has 0 amide bonds. The van der Waals surface area contributed by atoms with Crippen LogP contribution in [0.1, 0.15) is 21.5 Å². The Morgan fingerprint density at radius 2 is 1.81 bits per heavy atom. The van der Waals surface area contributed by atoms with E-state index in [9.17, 15) is 18.0 Å². The predicted molar refractivity (Wildman–Crippen MR) is 98.3 cm³/mol. The number of carboxylic acids is 2. The van der Waals surface area contributed by atoms with Crippen molar-refractivity contribution in [3.8, 4) is 5.75 Å². The number of sulfonamides is 1. The van der Waals surface area contributed by atoms with Crippen LogP contribution in [0.4, 0.5) is 5.69 Å². The van der Waals surface area contributed by atoms with E-state index in [0.29, 0.717) is 5.56 Å². The summed E-state index contributed by atoms with van der Waals surface area (Å²) in [7, 11) is -4.09. The molecule has 0 fully saturated rings. The van der Waals surface area contributed by atoms with Crippen molar-refractivity contribution in [3.63, 3.8) is 0 Å². The third-order valence-electron chi connectivity index (χ3n) is 3.63. The summed E-state index contributed by atoms with van der Waals surface area (Å²) in [6.45, 7) is 2.54. The molecule has 144 valence electrons. The van der Waals surface area contributed by atoms with Gasteiger partial charge in [-0.3, -0.25) is 4.72 Å². The Kier molecular flexibility index (Phi) is 5.97. The van der Waals surface area contributed by atoms with Crippen LogP contribution in [-0.4, -0.2) is 37.2 Å². The van der Waals surface area contributed by atoms with E-state index in [2.05, 4.69) is 4.72 Å². The number of ether oxygens (including phenoxy) is 1. The summed E-state index contributed by atoms with van der Waals surface area (Å²) in [5.41, 5.74) is 0.580. The van der Waals surface area contributed by atoms with Gasteiger partial charge in [-0.2, -0.15) is 0 Å². The molecule has 3 N–H and O–H groups in total. The van der Waals surface area contributed by atoms with Crippen molar-refractivity contribution < 1.29 is 33.0 Å². The highest BCUT2D eigenvalue weighted by Crippen LogP contribution is 2.30. The first-order valence-corrected chi connectivity index (χ1v) is 9.39. The molecule has 0 aliphatic carbocycles. The fourth-order valence-corrected chi connectivity index (χ4v) is 3.91. The number of rotatable bonds is 7. The van der Waals surface area contributed by atoms with Gasteiger partial charge < -0.3 is 14.9 Å². The van der Waals surface area contributed by atoms with Crippen LogP contribution >= 0.6 is 11.6 Å². The van der Waals surface area contributed by atoms with Crippen molar-refractivity contribution in [1.29, 1.82) is 0 Å². The van der Waals surface area contributed by atoms with Crippen LogP contribution in [0.2, 0.25) is 5.02 Å². The zero-order chi connectivity index (χ0) is 20.4. The number of aromatic carboxylic acids is 1. The smallest absolute Gasteiger partial charge is 0.341 e. The quantitative estimate of drug-likeness (QED) is 0.636. The van der Waals surface area contributed by atoms with Gasteiger partial charge in [-0.15, -0.1) is 0 Å². The summed E-state index contributed by atoms with van der Waals surface area (Å²) < 4.78 is 32.9. The maximum absolute atomic E-state index is 12.7. The molecule has 0 atom stereocenters. The van der Waals surface area contributed by atoms with E-state index < -0.39 is 28.6 Å². The lowest BCUT2D eigenvalue weighted by atomic mass is 10.1. The lowest BCUT2D eigenvalue weighted by Crippen LogP contribution is -2.16. The van der Waals surface area contributed by atoms with E-state index in [4.69, 9.17) is 26.6 Å². The van der Waals surface area contributed by atoms with E-state index in [1.165, 1.54) is 31.2 Å². The lowest BCUT2D eigenvalue weighted by molar-refractivity contribution is -0.139. The first-order valence-electron chi connectivity index (χ1n) is 7.53. The Balaban J connectivity index is 2.42. The molecule has 2 aromatic rings. The molecule has 27 heavy (non-hydrogen) atoms. The number of aliphatic carboxylic acids is 1. The monoisotopic (exact) mass is 413 g/mol. The number of carboxylic acid groups (broad SMARTS) is 2. The number of hydrogen-bond donors (Lipinski definition) is 3. The number of halogens is 1. The van der Waals surface area contributed by atoms with Gasteiger partial charge in [-0.25, -0.2) is 18.0 Å². The Morgan fingerprint density at radius 3 is 2.41 bits per heavy atom. The van der Waals surface area contributed by atoms with Crippen molar-refractivity contribution >= 4 is 39.3 Å². The standard InChI is InChI=1S/C17H16ClNO7S/c1-9-3-6-14(10(2)16(9)26-8-15(20)21)27(24,25)19-11-4-5-13(18)12(7-11)17(22)23/h3-7,19H,8H2,1-2H3,(H,20,21)(H,22,23). The van der Waals surface area contributed by atoms with Crippen LogP contribution in [0.3, 0.4) is 0 Å². The molecule has 8 nitrogen and oxygen atoms in total. The van der Waals surface area contributed by atoms with Gasteiger partial charge in [0.15, 0.2) is 6.61 Å². The molecule has 0 saturated carbocycles. The van der Waals surface area contributed by atoms with Crippen molar-refractivity contribution in [1.82, 2.24) is 0 Å². The van der Waals surface area contributed by atoms with Gasteiger partial charge >= 0.3 is 11.9 Å². The SMILES string of the molecule is Cc1ccc(S(=O)(=O)Nc2ccc(Cl)c(C(=O)O)c2)c(C)c1OCC(=O)O. The fraction of sp³-hybridized carbons (Fsp3) is 0.176. The van der Waals surface area contributed by atoms with E-state index in [-0.39, 0.29) is 32.5 Å². The molecule has 0 aliphatic heterocycles. The molecule has 0 spiro atoms. The molecule has 2 aromatic carbocycles. The number of aryl methyl sites for hydroxylation is 1. The molecule has 0 aliphatic rings. The van der Waals surface area contributed by atoms with Crippen LogP contribution in [0.25, 0.3) is 0 Å². The highest BCUT2D eigenvalue weighted by molar-refractivity contribution is 7.92. The van der Waals surface area contributed by atoms with Gasteiger partial charge in [0.25, 0.3) is 10.0 Å². The zero-order valence-corrected chi connectivity index (χ0v) is 15.9. The number of nitrogens with one attached hydrogen (secondary N) is 1. The van der Waals surface area contributed by atoms with Gasteiger partial charge in [0, 0.05) is 11.3 Å². The van der Waals surface area contributed by atoms with E-state index in [1.54, 1.807) is 6.92 Å². The summed E-state index contributed by atoms with van der Waals surface area (Å²) >= 11 is 5.78.